The van der Waals surface area contributed by atoms with Crippen LogP contribution >= 0.6 is 27.7 Å². The number of nitrogens with zero attached hydrogens (tertiary/aromatic N) is 3. The predicted molar refractivity (Wildman–Crippen MR) is 102 cm³/mol. The van der Waals surface area contributed by atoms with Crippen LogP contribution in [0.5, 0.6) is 0 Å². The number of hydrogen-bond acceptors (Lipinski definition) is 5. The first-order valence-electron chi connectivity index (χ1n) is 7.60. The van der Waals surface area contributed by atoms with E-state index in [2.05, 4.69) is 32.7 Å². The summed E-state index contributed by atoms with van der Waals surface area (Å²) in [5.74, 6) is 1.83. The lowest BCUT2D eigenvalue weighted by molar-refractivity contribution is 0.102. The van der Waals surface area contributed by atoms with Gasteiger partial charge in [0.1, 0.15) is 5.76 Å². The first-order valence-corrected chi connectivity index (χ1v) is 9.38. The molecule has 2 aromatic heterocycles. The Morgan fingerprint density at radius 3 is 2.72 bits per heavy atom. The van der Waals surface area contributed by atoms with Gasteiger partial charge in [0.05, 0.1) is 17.6 Å². The van der Waals surface area contributed by atoms with Gasteiger partial charge in [0.2, 0.25) is 0 Å². The van der Waals surface area contributed by atoms with Crippen LogP contribution in [0.1, 0.15) is 16.1 Å². The molecule has 0 bridgehead atoms. The molecule has 0 fully saturated rings. The molecule has 7 heteroatoms. The minimum Gasteiger partial charge on any atom is -0.469 e. The molecule has 0 radical (unpaired) electrons. The third-order valence-corrected chi connectivity index (χ3v) is 5.12. The number of furan rings is 1. The van der Waals surface area contributed by atoms with Gasteiger partial charge >= 0.3 is 0 Å². The van der Waals surface area contributed by atoms with Crippen molar-refractivity contribution in [1.29, 1.82) is 0 Å². The molecule has 0 aliphatic rings. The van der Waals surface area contributed by atoms with Gasteiger partial charge in [-0.15, -0.1) is 16.8 Å². The van der Waals surface area contributed by atoms with Crippen molar-refractivity contribution >= 4 is 33.5 Å². The van der Waals surface area contributed by atoms with Crippen LogP contribution in [0.15, 0.2) is 63.3 Å². The van der Waals surface area contributed by atoms with E-state index < -0.39 is 0 Å². The number of thioether (sulfide) groups is 1. The second-order valence-electron chi connectivity index (χ2n) is 5.31. The minimum atomic E-state index is 0.0479. The SMILES string of the molecule is C=CCn1c(SCC(=O)c2ccc(Br)cc2)nnc1-c1ccoc1C. The van der Waals surface area contributed by atoms with Gasteiger partial charge in [-0.25, -0.2) is 0 Å². The van der Waals surface area contributed by atoms with Crippen molar-refractivity contribution in [3.63, 3.8) is 0 Å². The highest BCUT2D eigenvalue weighted by Crippen LogP contribution is 2.27. The topological polar surface area (TPSA) is 60.9 Å². The Hall–Kier alpha value is -2.12. The van der Waals surface area contributed by atoms with Gasteiger partial charge < -0.3 is 4.42 Å². The van der Waals surface area contributed by atoms with Gasteiger partial charge in [-0.2, -0.15) is 0 Å². The zero-order chi connectivity index (χ0) is 17.8. The van der Waals surface area contributed by atoms with E-state index in [1.54, 1.807) is 12.3 Å². The fraction of sp³-hybridized carbons (Fsp3) is 0.167. The Bertz CT molecular complexity index is 899. The molecular formula is C18H16BrN3O2S. The Morgan fingerprint density at radius 1 is 1.32 bits per heavy atom. The number of ketones is 1. The highest BCUT2D eigenvalue weighted by Gasteiger charge is 2.18. The Balaban J connectivity index is 1.79. The normalized spacial score (nSPS) is 10.8. The number of hydrogen-bond donors (Lipinski definition) is 0. The first kappa shape index (κ1) is 17.7. The van der Waals surface area contributed by atoms with Gasteiger partial charge in [0.15, 0.2) is 16.8 Å². The maximum absolute atomic E-state index is 12.4. The maximum atomic E-state index is 12.4. The van der Waals surface area contributed by atoms with Crippen LogP contribution < -0.4 is 0 Å². The standard InChI is InChI=1S/C18H16BrN3O2S/c1-3-9-22-17(15-8-10-24-12(15)2)20-21-18(22)25-11-16(23)13-4-6-14(19)7-5-13/h3-8,10H,1,9,11H2,2H3. The summed E-state index contributed by atoms with van der Waals surface area (Å²) >= 11 is 4.74. The highest BCUT2D eigenvalue weighted by molar-refractivity contribution is 9.10. The lowest BCUT2D eigenvalue weighted by atomic mass is 10.2. The van der Waals surface area contributed by atoms with Crippen LogP contribution in [0, 0.1) is 6.92 Å². The summed E-state index contributed by atoms with van der Waals surface area (Å²) in [5, 5.41) is 9.19. The zero-order valence-corrected chi connectivity index (χ0v) is 16.0. The van der Waals surface area contributed by atoms with Crippen molar-refractivity contribution in [2.45, 2.75) is 18.6 Å². The molecule has 0 aliphatic heterocycles. The number of aromatic nitrogens is 3. The van der Waals surface area contributed by atoms with E-state index in [-0.39, 0.29) is 5.78 Å². The summed E-state index contributed by atoms with van der Waals surface area (Å²) in [7, 11) is 0. The molecule has 0 spiro atoms. The van der Waals surface area contributed by atoms with E-state index in [4.69, 9.17) is 4.42 Å². The molecule has 0 atom stereocenters. The molecule has 0 unspecified atom stereocenters. The van der Waals surface area contributed by atoms with Gasteiger partial charge in [-0.05, 0) is 25.1 Å². The highest BCUT2D eigenvalue weighted by atomic mass is 79.9. The number of benzene rings is 1. The van der Waals surface area contributed by atoms with Gasteiger partial charge in [-0.1, -0.05) is 45.9 Å². The molecule has 3 aromatic rings. The number of halogens is 1. The van der Waals surface area contributed by atoms with Gasteiger partial charge in [0, 0.05) is 16.6 Å². The predicted octanol–water partition coefficient (Wildman–Crippen LogP) is 4.77. The van der Waals surface area contributed by atoms with E-state index in [1.807, 2.05) is 41.8 Å². The number of aryl methyl sites for hydroxylation is 1. The van der Waals surface area contributed by atoms with E-state index in [0.717, 1.165) is 15.8 Å². The van der Waals surface area contributed by atoms with Crippen molar-refractivity contribution in [2.75, 3.05) is 5.75 Å². The van der Waals surface area contributed by atoms with Crippen molar-refractivity contribution in [2.24, 2.45) is 0 Å². The summed E-state index contributed by atoms with van der Waals surface area (Å²) in [6.07, 6.45) is 3.41. The molecule has 2 heterocycles. The third-order valence-electron chi connectivity index (χ3n) is 3.63. The van der Waals surface area contributed by atoms with E-state index in [1.165, 1.54) is 11.8 Å². The largest absolute Gasteiger partial charge is 0.469 e. The molecule has 0 amide bonds. The van der Waals surface area contributed by atoms with Crippen molar-refractivity contribution in [1.82, 2.24) is 14.8 Å². The molecule has 0 N–H and O–H groups in total. The van der Waals surface area contributed by atoms with Gasteiger partial charge in [-0.3, -0.25) is 9.36 Å². The quantitative estimate of drug-likeness (QED) is 0.314. The molecule has 1 aromatic carbocycles. The fourth-order valence-corrected chi connectivity index (χ4v) is 3.46. The Kier molecular flexibility index (Phi) is 5.55. The van der Waals surface area contributed by atoms with E-state index in [0.29, 0.717) is 28.8 Å². The number of carbonyl (C=O) groups excluding carboxylic acids is 1. The summed E-state index contributed by atoms with van der Waals surface area (Å²) in [6.45, 7) is 6.23. The first-order chi connectivity index (χ1) is 12.1. The minimum absolute atomic E-state index is 0.0479. The van der Waals surface area contributed by atoms with Crippen LogP contribution in [0.25, 0.3) is 11.4 Å². The summed E-state index contributed by atoms with van der Waals surface area (Å²) < 4.78 is 8.24. The van der Waals surface area contributed by atoms with E-state index >= 15 is 0 Å². The number of rotatable bonds is 7. The average Bonchev–Trinajstić information content (AvgIpc) is 3.19. The van der Waals surface area contributed by atoms with Crippen LogP contribution in [0.4, 0.5) is 0 Å². The van der Waals surface area contributed by atoms with E-state index in [9.17, 15) is 4.79 Å². The van der Waals surface area contributed by atoms with Crippen molar-refractivity contribution in [3.8, 4) is 11.4 Å². The van der Waals surface area contributed by atoms with Crippen molar-refractivity contribution < 1.29 is 9.21 Å². The molecule has 25 heavy (non-hydrogen) atoms. The molecule has 3 rings (SSSR count). The summed E-state index contributed by atoms with van der Waals surface area (Å²) in [6, 6.07) is 9.19. The smallest absolute Gasteiger partial charge is 0.192 e. The number of allylic oxidation sites excluding steroid dienone is 1. The molecule has 0 aliphatic carbocycles. The molecule has 0 saturated heterocycles. The van der Waals surface area contributed by atoms with Crippen LogP contribution in [0.3, 0.4) is 0 Å². The Labute approximate surface area is 158 Å². The van der Waals surface area contributed by atoms with Crippen LogP contribution in [-0.2, 0) is 6.54 Å². The number of carbonyl (C=O) groups is 1. The monoisotopic (exact) mass is 417 g/mol. The molecule has 0 saturated carbocycles. The second kappa shape index (κ2) is 7.84. The lowest BCUT2D eigenvalue weighted by Crippen LogP contribution is -2.05. The fourth-order valence-electron chi connectivity index (χ4n) is 2.35. The van der Waals surface area contributed by atoms with Gasteiger partial charge in [0.25, 0.3) is 0 Å². The maximum Gasteiger partial charge on any atom is 0.192 e. The average molecular weight is 418 g/mol. The Morgan fingerprint density at radius 2 is 2.08 bits per heavy atom. The summed E-state index contributed by atoms with van der Waals surface area (Å²) in [4.78, 5) is 12.4. The zero-order valence-electron chi connectivity index (χ0n) is 13.6. The molecule has 5 nitrogen and oxygen atoms in total. The number of Topliss-reactive ketones (excluding diaryl/α,β-unsaturated/α-hetero) is 1. The molecule has 128 valence electrons. The summed E-state index contributed by atoms with van der Waals surface area (Å²) in [5.41, 5.74) is 1.57. The lowest BCUT2D eigenvalue weighted by Gasteiger charge is -2.07. The van der Waals surface area contributed by atoms with Crippen LogP contribution in [-0.4, -0.2) is 26.3 Å². The second-order valence-corrected chi connectivity index (χ2v) is 7.17. The molecular weight excluding hydrogens is 402 g/mol. The van der Waals surface area contributed by atoms with Crippen LogP contribution in [0.2, 0.25) is 0 Å². The third kappa shape index (κ3) is 3.93. The van der Waals surface area contributed by atoms with Crippen molar-refractivity contribution in [3.05, 3.63) is 65.0 Å².